The quantitative estimate of drug-likeness (QED) is 0.631. The van der Waals surface area contributed by atoms with Gasteiger partial charge in [0.25, 0.3) is 0 Å². The van der Waals surface area contributed by atoms with Gasteiger partial charge in [-0.2, -0.15) is 0 Å². The van der Waals surface area contributed by atoms with Gasteiger partial charge in [-0.3, -0.25) is 0 Å². The lowest BCUT2D eigenvalue weighted by atomic mass is 9.91. The van der Waals surface area contributed by atoms with Crippen molar-refractivity contribution < 1.29 is 12.9 Å². The zero-order valence-corrected chi connectivity index (χ0v) is 15.1. The van der Waals surface area contributed by atoms with E-state index in [0.717, 1.165) is 30.4 Å². The van der Waals surface area contributed by atoms with Crippen molar-refractivity contribution in [1.82, 2.24) is 4.72 Å². The molecule has 0 aromatic carbocycles. The molecule has 0 saturated carbocycles. The van der Waals surface area contributed by atoms with Crippen molar-refractivity contribution in [2.24, 2.45) is 5.41 Å². The van der Waals surface area contributed by atoms with E-state index in [2.05, 4.69) is 46.5 Å². The summed E-state index contributed by atoms with van der Waals surface area (Å²) in [5.41, 5.74) is 0.203. The first-order valence-corrected chi connectivity index (χ1v) is 9.42. The van der Waals surface area contributed by atoms with Crippen LogP contribution in [0.2, 0.25) is 0 Å². The molecule has 20 heavy (non-hydrogen) atoms. The summed E-state index contributed by atoms with van der Waals surface area (Å²) in [4.78, 5) is 0. The lowest BCUT2D eigenvalue weighted by molar-refractivity contribution is -0.889. The van der Waals surface area contributed by atoms with Gasteiger partial charge in [0, 0.05) is 0 Å². The lowest BCUT2D eigenvalue weighted by Gasteiger charge is -2.29. The molecule has 0 unspecified atom stereocenters. The molecule has 0 fully saturated rings. The minimum Gasteiger partial charge on any atom is -0.327 e. The predicted octanol–water partition coefficient (Wildman–Crippen LogP) is 2.61. The first-order chi connectivity index (χ1) is 8.97. The second-order valence-corrected chi connectivity index (χ2v) is 9.54. The minimum atomic E-state index is -3.11. The maximum absolute atomic E-state index is 11.9. The molecule has 0 aliphatic heterocycles. The van der Waals surface area contributed by atoms with Crippen LogP contribution in [-0.4, -0.2) is 52.4 Å². The fourth-order valence-electron chi connectivity index (χ4n) is 2.07. The molecule has 0 saturated heterocycles. The van der Waals surface area contributed by atoms with E-state index in [1.165, 1.54) is 12.8 Å². The van der Waals surface area contributed by atoms with Crippen molar-refractivity contribution in [3.63, 3.8) is 0 Å². The molecule has 0 amide bonds. The van der Waals surface area contributed by atoms with Crippen molar-refractivity contribution >= 4 is 10.0 Å². The third-order valence-corrected chi connectivity index (χ3v) is 4.97. The number of rotatable bonds is 10. The highest BCUT2D eigenvalue weighted by atomic mass is 32.2. The van der Waals surface area contributed by atoms with Crippen LogP contribution in [0.25, 0.3) is 0 Å². The molecule has 0 rings (SSSR count). The Hall–Kier alpha value is -0.130. The first-order valence-electron chi connectivity index (χ1n) is 7.77. The molecule has 4 nitrogen and oxygen atoms in total. The van der Waals surface area contributed by atoms with E-state index in [4.69, 9.17) is 0 Å². The van der Waals surface area contributed by atoms with Gasteiger partial charge in [0.1, 0.15) is 0 Å². The van der Waals surface area contributed by atoms with E-state index >= 15 is 0 Å². The van der Waals surface area contributed by atoms with Gasteiger partial charge in [-0.15, -0.1) is 0 Å². The molecule has 0 radical (unpaired) electrons. The molecule has 1 N–H and O–H groups in total. The fraction of sp³-hybridized carbons (Fsp3) is 1.00. The Morgan fingerprint density at radius 1 is 1.05 bits per heavy atom. The zero-order chi connectivity index (χ0) is 15.9. The van der Waals surface area contributed by atoms with Gasteiger partial charge in [-0.05, 0) is 24.7 Å². The van der Waals surface area contributed by atoms with Gasteiger partial charge in [-0.1, -0.05) is 34.1 Å². The first kappa shape index (κ1) is 19.9. The van der Waals surface area contributed by atoms with Crippen molar-refractivity contribution in [2.45, 2.75) is 53.4 Å². The summed E-state index contributed by atoms with van der Waals surface area (Å²) in [6.45, 7) is 11.1. The Morgan fingerprint density at radius 2 is 1.65 bits per heavy atom. The largest absolute Gasteiger partial charge is 0.327 e. The van der Waals surface area contributed by atoms with Gasteiger partial charge >= 0.3 is 0 Å². The van der Waals surface area contributed by atoms with E-state index in [0.29, 0.717) is 6.54 Å². The Labute approximate surface area is 126 Å². The predicted molar refractivity (Wildman–Crippen MR) is 87.2 cm³/mol. The molecular weight excluding hydrogens is 272 g/mol. The topological polar surface area (TPSA) is 46.2 Å². The van der Waals surface area contributed by atoms with Crippen molar-refractivity contribution in [1.29, 1.82) is 0 Å². The molecule has 0 aliphatic rings. The van der Waals surface area contributed by atoms with Crippen LogP contribution < -0.4 is 4.72 Å². The van der Waals surface area contributed by atoms with Crippen molar-refractivity contribution in [3.8, 4) is 0 Å². The third-order valence-electron chi connectivity index (χ3n) is 3.50. The number of nitrogens with one attached hydrogen (secondary N) is 1. The van der Waals surface area contributed by atoms with Crippen LogP contribution in [0.4, 0.5) is 0 Å². The summed E-state index contributed by atoms with van der Waals surface area (Å²) in [7, 11) is 1.21. The molecule has 0 heterocycles. The lowest BCUT2D eigenvalue weighted by Crippen LogP contribution is -2.46. The molecule has 0 atom stereocenters. The van der Waals surface area contributed by atoms with E-state index in [1.54, 1.807) is 0 Å². The number of sulfonamides is 1. The highest BCUT2D eigenvalue weighted by molar-refractivity contribution is 7.89. The number of nitrogens with zero attached hydrogens (tertiary/aromatic N) is 1. The Morgan fingerprint density at radius 3 is 2.15 bits per heavy atom. The summed E-state index contributed by atoms with van der Waals surface area (Å²) >= 11 is 0. The summed E-state index contributed by atoms with van der Waals surface area (Å²) in [6.07, 6.45) is 4.03. The SMILES string of the molecule is CCCC[N+](C)(C)CCNS(=O)(=O)CCCC(C)(C)C. The van der Waals surface area contributed by atoms with E-state index in [-0.39, 0.29) is 11.2 Å². The second-order valence-electron chi connectivity index (χ2n) is 7.61. The maximum atomic E-state index is 11.9. The third kappa shape index (κ3) is 11.7. The molecule has 0 spiro atoms. The van der Waals surface area contributed by atoms with Crippen LogP contribution in [0.3, 0.4) is 0 Å². The normalized spacial score (nSPS) is 13.7. The summed E-state index contributed by atoms with van der Waals surface area (Å²) in [5.74, 6) is 0.243. The Bertz CT molecular complexity index is 357. The van der Waals surface area contributed by atoms with Gasteiger partial charge in [0.05, 0.1) is 39.5 Å². The number of hydrogen-bond acceptors (Lipinski definition) is 2. The van der Waals surface area contributed by atoms with Crippen LogP contribution in [0.5, 0.6) is 0 Å². The maximum Gasteiger partial charge on any atom is 0.211 e. The number of unbranched alkanes of at least 4 members (excludes halogenated alkanes) is 1. The molecule has 5 heteroatoms. The van der Waals surface area contributed by atoms with E-state index in [9.17, 15) is 8.42 Å². The molecule has 0 bridgehead atoms. The average Bonchev–Trinajstić information content (AvgIpc) is 2.23. The van der Waals surface area contributed by atoms with Crippen LogP contribution in [0.1, 0.15) is 53.4 Å². The smallest absolute Gasteiger partial charge is 0.211 e. The van der Waals surface area contributed by atoms with E-state index in [1.807, 2.05) is 0 Å². The number of quaternary nitrogens is 1. The van der Waals surface area contributed by atoms with Crippen LogP contribution in [-0.2, 0) is 10.0 Å². The zero-order valence-electron chi connectivity index (χ0n) is 14.3. The fourth-order valence-corrected chi connectivity index (χ4v) is 3.14. The Kier molecular flexibility index (Phi) is 8.29. The molecule has 0 aliphatic carbocycles. The van der Waals surface area contributed by atoms with Gasteiger partial charge in [-0.25, -0.2) is 13.1 Å². The minimum absolute atomic E-state index is 0.203. The van der Waals surface area contributed by atoms with Gasteiger partial charge < -0.3 is 4.48 Å². The molecule has 0 aromatic heterocycles. The number of hydrogen-bond donors (Lipinski definition) is 1. The summed E-state index contributed by atoms with van der Waals surface area (Å²) in [5, 5.41) is 0. The van der Waals surface area contributed by atoms with Crippen molar-refractivity contribution in [3.05, 3.63) is 0 Å². The Balaban J connectivity index is 3.99. The average molecular weight is 308 g/mol. The summed E-state index contributed by atoms with van der Waals surface area (Å²) in [6, 6.07) is 0. The monoisotopic (exact) mass is 307 g/mol. The molecular formula is C15H35N2O2S+. The second kappa shape index (κ2) is 8.35. The van der Waals surface area contributed by atoms with Crippen LogP contribution in [0.15, 0.2) is 0 Å². The van der Waals surface area contributed by atoms with Gasteiger partial charge in [0.2, 0.25) is 10.0 Å². The molecule has 0 aromatic rings. The van der Waals surface area contributed by atoms with Crippen LogP contribution >= 0.6 is 0 Å². The standard InChI is InChI=1S/C15H35N2O2S/c1-7-8-12-17(5,6)13-11-16-20(18,19)14-9-10-15(2,3)4/h16H,7-14H2,1-6H3/q+1. The summed E-state index contributed by atoms with van der Waals surface area (Å²) < 4.78 is 27.4. The number of likely N-dealkylation sites (N-methyl/N-ethyl adjacent to an activating group) is 1. The van der Waals surface area contributed by atoms with Crippen LogP contribution in [0, 0.1) is 5.41 Å². The highest BCUT2D eigenvalue weighted by Crippen LogP contribution is 2.20. The van der Waals surface area contributed by atoms with Crippen molar-refractivity contribution in [2.75, 3.05) is 39.5 Å². The van der Waals surface area contributed by atoms with Gasteiger partial charge in [0.15, 0.2) is 0 Å². The highest BCUT2D eigenvalue weighted by Gasteiger charge is 2.17. The molecule has 122 valence electrons. The van der Waals surface area contributed by atoms with E-state index < -0.39 is 10.0 Å².